The van der Waals surface area contributed by atoms with Crippen molar-refractivity contribution in [2.75, 3.05) is 26.2 Å². The number of aliphatic imine (C=N–C) groups is 1. The maximum Gasteiger partial charge on any atom is 0.338 e. The average molecular weight is 481 g/mol. The van der Waals surface area contributed by atoms with E-state index in [0.717, 1.165) is 25.2 Å². The summed E-state index contributed by atoms with van der Waals surface area (Å²) in [5.41, 5.74) is 1.72. The molecule has 0 saturated heterocycles. The highest BCUT2D eigenvalue weighted by molar-refractivity contribution is 7.71. The standard InChI is InChI=1S/C25H28N4O4S/c1-4-28(5-2)14-15-33-24(32)18-8-10-19(11-9-18)26-16-21-22(30)27-25(34)29(23(21)31)20-12-6-17(3)7-13-20/h6-13,16,31H,4-5,14-15H2,1-3H3,(H,27,30,34). The van der Waals surface area contributed by atoms with Gasteiger partial charge in [-0.2, -0.15) is 0 Å². The number of nitrogens with one attached hydrogen (secondary N) is 2. The molecule has 0 spiro atoms. The fourth-order valence-corrected chi connectivity index (χ4v) is 3.65. The SMILES string of the molecule is CC[NH+](CC)CCOC(=O)c1ccc(N=Cc2c([O-])n(-c3ccc(C)cc3)c(=S)[nH]c2=O)cc1. The number of rotatable bonds is 9. The summed E-state index contributed by atoms with van der Waals surface area (Å²) >= 11 is 5.19. The molecule has 0 saturated carbocycles. The average Bonchev–Trinajstić information content (AvgIpc) is 2.83. The van der Waals surface area contributed by atoms with Crippen molar-refractivity contribution in [3.63, 3.8) is 0 Å². The number of esters is 1. The molecule has 2 aromatic carbocycles. The molecule has 0 radical (unpaired) electrons. The quantitative estimate of drug-likeness (QED) is 0.277. The number of hydrogen-bond donors (Lipinski definition) is 2. The lowest BCUT2D eigenvalue weighted by Crippen LogP contribution is -3.11. The molecule has 34 heavy (non-hydrogen) atoms. The number of carbonyl (C=O) groups excluding carboxylic acids is 1. The second-order valence-corrected chi connectivity index (χ2v) is 8.18. The minimum absolute atomic E-state index is 0.0152. The third kappa shape index (κ3) is 6.06. The highest BCUT2D eigenvalue weighted by atomic mass is 32.1. The van der Waals surface area contributed by atoms with Crippen LogP contribution in [0.4, 0.5) is 5.69 Å². The molecule has 9 heteroatoms. The van der Waals surface area contributed by atoms with Crippen molar-refractivity contribution >= 4 is 30.1 Å². The molecule has 0 fully saturated rings. The summed E-state index contributed by atoms with van der Waals surface area (Å²) in [6, 6.07) is 13.7. The summed E-state index contributed by atoms with van der Waals surface area (Å²) in [5, 5.41) is 13.0. The molecule has 3 aromatic rings. The molecule has 0 amide bonds. The Bertz CT molecular complexity index is 1270. The smallest absolute Gasteiger partial charge is 0.338 e. The Kier molecular flexibility index (Phi) is 8.50. The van der Waals surface area contributed by atoms with E-state index < -0.39 is 17.4 Å². The molecule has 0 unspecified atom stereocenters. The molecule has 1 aromatic heterocycles. The minimum atomic E-state index is -0.613. The van der Waals surface area contributed by atoms with Gasteiger partial charge in [-0.25, -0.2) is 4.79 Å². The first-order valence-electron chi connectivity index (χ1n) is 11.1. The molecule has 0 atom stereocenters. The topological polar surface area (TPSA) is 104 Å². The molecule has 2 N–H and O–H groups in total. The number of hydrogen-bond acceptors (Lipinski definition) is 6. The first-order chi connectivity index (χ1) is 16.3. The Morgan fingerprint density at radius 1 is 1.15 bits per heavy atom. The predicted molar refractivity (Wildman–Crippen MR) is 132 cm³/mol. The Morgan fingerprint density at radius 2 is 1.79 bits per heavy atom. The summed E-state index contributed by atoms with van der Waals surface area (Å²) in [6.45, 7) is 9.20. The molecule has 0 aliphatic heterocycles. The Labute approximate surface area is 203 Å². The van der Waals surface area contributed by atoms with Crippen LogP contribution in [0.5, 0.6) is 5.88 Å². The van der Waals surface area contributed by atoms with Crippen LogP contribution in [0.1, 0.15) is 35.3 Å². The molecule has 8 nitrogen and oxygen atoms in total. The van der Waals surface area contributed by atoms with Crippen LogP contribution in [-0.4, -0.2) is 48.0 Å². The van der Waals surface area contributed by atoms with E-state index in [0.29, 0.717) is 23.5 Å². The lowest BCUT2D eigenvalue weighted by Gasteiger charge is -2.19. The molecule has 0 aliphatic rings. The van der Waals surface area contributed by atoms with Crippen LogP contribution in [0.3, 0.4) is 0 Å². The lowest BCUT2D eigenvalue weighted by molar-refractivity contribution is -0.896. The van der Waals surface area contributed by atoms with Crippen LogP contribution in [0.2, 0.25) is 0 Å². The van der Waals surface area contributed by atoms with Crippen molar-refractivity contribution in [1.82, 2.24) is 9.55 Å². The predicted octanol–water partition coefficient (Wildman–Crippen LogP) is 2.11. The highest BCUT2D eigenvalue weighted by Crippen LogP contribution is 2.18. The van der Waals surface area contributed by atoms with Gasteiger partial charge >= 0.3 is 5.97 Å². The first kappa shape index (κ1) is 25.1. The summed E-state index contributed by atoms with van der Waals surface area (Å²) in [6.07, 6.45) is 1.21. The summed E-state index contributed by atoms with van der Waals surface area (Å²) in [4.78, 5) is 32.7. The summed E-state index contributed by atoms with van der Waals surface area (Å²) in [5.74, 6) is -0.961. The largest absolute Gasteiger partial charge is 0.859 e. The van der Waals surface area contributed by atoms with Gasteiger partial charge in [0.1, 0.15) is 13.2 Å². The van der Waals surface area contributed by atoms with Gasteiger partial charge in [-0.1, -0.05) is 17.7 Å². The number of nitrogens with zero attached hydrogens (tertiary/aromatic N) is 2. The molecular weight excluding hydrogens is 452 g/mol. The van der Waals surface area contributed by atoms with Crippen LogP contribution >= 0.6 is 12.2 Å². The molecule has 178 valence electrons. The number of carbonyl (C=O) groups is 1. The van der Waals surface area contributed by atoms with E-state index in [1.807, 2.05) is 19.1 Å². The van der Waals surface area contributed by atoms with Crippen LogP contribution in [0.25, 0.3) is 5.69 Å². The van der Waals surface area contributed by atoms with E-state index in [-0.39, 0.29) is 10.3 Å². The molecular formula is C25H28N4O4S. The fourth-order valence-electron chi connectivity index (χ4n) is 3.37. The zero-order valence-corrected chi connectivity index (χ0v) is 20.3. The van der Waals surface area contributed by atoms with Crippen molar-refractivity contribution in [2.24, 2.45) is 4.99 Å². The highest BCUT2D eigenvalue weighted by Gasteiger charge is 2.10. The van der Waals surface area contributed by atoms with Gasteiger partial charge in [0.25, 0.3) is 5.56 Å². The van der Waals surface area contributed by atoms with Gasteiger partial charge in [-0.05, 0) is 75.3 Å². The number of aromatic nitrogens is 2. The number of H-pyrrole nitrogens is 1. The Balaban J connectivity index is 1.76. The van der Waals surface area contributed by atoms with Crippen molar-refractivity contribution in [1.29, 1.82) is 0 Å². The van der Waals surface area contributed by atoms with E-state index >= 15 is 0 Å². The van der Waals surface area contributed by atoms with Gasteiger partial charge in [0.15, 0.2) is 4.77 Å². The van der Waals surface area contributed by atoms with Gasteiger partial charge in [0, 0.05) is 11.9 Å². The summed E-state index contributed by atoms with van der Waals surface area (Å²) < 4.78 is 6.61. The van der Waals surface area contributed by atoms with Crippen molar-refractivity contribution < 1.29 is 19.5 Å². The third-order valence-electron chi connectivity index (χ3n) is 5.53. The number of quaternary nitrogens is 1. The van der Waals surface area contributed by atoms with Crippen LogP contribution < -0.4 is 15.6 Å². The second-order valence-electron chi connectivity index (χ2n) is 7.80. The van der Waals surface area contributed by atoms with Crippen molar-refractivity contribution in [3.8, 4) is 11.6 Å². The monoisotopic (exact) mass is 480 g/mol. The van der Waals surface area contributed by atoms with E-state index in [1.165, 1.54) is 15.7 Å². The molecule has 0 bridgehead atoms. The normalized spacial score (nSPS) is 11.3. The first-order valence-corrected chi connectivity index (χ1v) is 11.5. The fraction of sp³-hybridized carbons (Fsp3) is 0.280. The van der Waals surface area contributed by atoms with Crippen LogP contribution in [-0.2, 0) is 4.74 Å². The van der Waals surface area contributed by atoms with Gasteiger partial charge in [-0.3, -0.25) is 14.8 Å². The van der Waals surface area contributed by atoms with E-state index in [4.69, 9.17) is 17.0 Å². The Hall–Kier alpha value is -3.56. The van der Waals surface area contributed by atoms with Gasteiger partial charge in [0.2, 0.25) is 0 Å². The van der Waals surface area contributed by atoms with Crippen molar-refractivity contribution in [2.45, 2.75) is 20.8 Å². The second kappa shape index (κ2) is 11.5. The lowest BCUT2D eigenvalue weighted by atomic mass is 10.2. The van der Waals surface area contributed by atoms with Crippen LogP contribution in [0, 0.1) is 11.7 Å². The maximum absolute atomic E-state index is 13.0. The number of aryl methyl sites for hydroxylation is 1. The van der Waals surface area contributed by atoms with Gasteiger partial charge in [0.05, 0.1) is 29.9 Å². The molecule has 3 rings (SSSR count). The molecule has 1 heterocycles. The van der Waals surface area contributed by atoms with Crippen LogP contribution in [0.15, 0.2) is 58.3 Å². The van der Waals surface area contributed by atoms with E-state index in [2.05, 4.69) is 23.8 Å². The number of benzene rings is 2. The maximum atomic E-state index is 13.0. The number of likely N-dealkylation sites (N-methyl/N-ethyl adjacent to an activating group) is 1. The summed E-state index contributed by atoms with van der Waals surface area (Å²) in [7, 11) is 0. The number of aromatic amines is 1. The molecule has 0 aliphatic carbocycles. The van der Waals surface area contributed by atoms with Gasteiger partial charge < -0.3 is 19.3 Å². The third-order valence-corrected chi connectivity index (χ3v) is 5.81. The van der Waals surface area contributed by atoms with Gasteiger partial charge in [-0.15, -0.1) is 0 Å². The van der Waals surface area contributed by atoms with Crippen molar-refractivity contribution in [3.05, 3.63) is 80.3 Å². The Morgan fingerprint density at radius 3 is 2.41 bits per heavy atom. The van der Waals surface area contributed by atoms with E-state index in [9.17, 15) is 14.7 Å². The zero-order chi connectivity index (χ0) is 24.7. The van der Waals surface area contributed by atoms with E-state index in [1.54, 1.807) is 36.4 Å². The zero-order valence-electron chi connectivity index (χ0n) is 19.5. The minimum Gasteiger partial charge on any atom is -0.859 e. The number of ether oxygens (including phenoxy) is 1.